The number of nitrogens with one attached hydrogen (secondary N) is 1. The van der Waals surface area contributed by atoms with Crippen LogP contribution in [-0.4, -0.2) is 54.4 Å². The predicted molar refractivity (Wildman–Crippen MR) is 134 cm³/mol. The van der Waals surface area contributed by atoms with Gasteiger partial charge in [-0.25, -0.2) is 0 Å². The molecule has 1 aliphatic rings. The Labute approximate surface area is 206 Å². The van der Waals surface area contributed by atoms with Crippen LogP contribution in [0.15, 0.2) is 71.3 Å². The number of hydrogen-bond donors (Lipinski definition) is 1. The fourth-order valence-corrected chi connectivity index (χ4v) is 4.80. The highest BCUT2D eigenvalue weighted by Gasteiger charge is 2.36. The molecule has 7 nitrogen and oxygen atoms in total. The summed E-state index contributed by atoms with van der Waals surface area (Å²) in [6.45, 7) is 6.70. The van der Waals surface area contributed by atoms with Gasteiger partial charge in [0.2, 0.25) is 5.91 Å². The molecule has 7 heteroatoms. The molecule has 0 spiro atoms. The fraction of sp³-hybridized carbons (Fsp3) is 0.357. The number of carbonyl (C=O) groups excluding carboxylic acids is 2. The van der Waals surface area contributed by atoms with Crippen LogP contribution < -0.4 is 10.1 Å². The van der Waals surface area contributed by atoms with Gasteiger partial charge in [0.25, 0.3) is 5.91 Å². The summed E-state index contributed by atoms with van der Waals surface area (Å²) in [5.74, 6) is 0.571. The Hall–Kier alpha value is -3.58. The second kappa shape index (κ2) is 11.2. The summed E-state index contributed by atoms with van der Waals surface area (Å²) in [5.41, 5.74) is 3.21. The predicted octanol–water partition coefficient (Wildman–Crippen LogP) is 4.05. The molecule has 35 heavy (non-hydrogen) atoms. The van der Waals surface area contributed by atoms with E-state index >= 15 is 0 Å². The van der Waals surface area contributed by atoms with Crippen LogP contribution >= 0.6 is 0 Å². The molecule has 2 unspecified atom stereocenters. The molecule has 0 saturated heterocycles. The quantitative estimate of drug-likeness (QED) is 0.505. The highest BCUT2D eigenvalue weighted by Crippen LogP contribution is 2.27. The van der Waals surface area contributed by atoms with E-state index in [0.717, 1.165) is 35.5 Å². The van der Waals surface area contributed by atoms with E-state index in [1.165, 1.54) is 6.26 Å². The largest absolute Gasteiger partial charge is 0.497 e. The lowest BCUT2D eigenvalue weighted by Crippen LogP contribution is -2.53. The number of rotatable bonds is 9. The zero-order valence-electron chi connectivity index (χ0n) is 20.6. The summed E-state index contributed by atoms with van der Waals surface area (Å²) in [6, 6.07) is 18.6. The number of methoxy groups -OCH3 is 1. The monoisotopic (exact) mass is 475 g/mol. The highest BCUT2D eigenvalue weighted by atomic mass is 16.5. The van der Waals surface area contributed by atoms with Crippen LogP contribution in [0, 0.1) is 0 Å². The van der Waals surface area contributed by atoms with Gasteiger partial charge < -0.3 is 19.4 Å². The number of nitrogens with zero attached hydrogens (tertiary/aromatic N) is 2. The van der Waals surface area contributed by atoms with Crippen molar-refractivity contribution >= 4 is 11.8 Å². The van der Waals surface area contributed by atoms with Crippen LogP contribution in [0.25, 0.3) is 0 Å². The summed E-state index contributed by atoms with van der Waals surface area (Å²) in [7, 11) is 1.65. The second-order valence-electron chi connectivity index (χ2n) is 8.66. The molecule has 2 amide bonds. The molecule has 4 rings (SSSR count). The first-order valence-corrected chi connectivity index (χ1v) is 12.1. The first kappa shape index (κ1) is 24.5. The smallest absolute Gasteiger partial charge is 0.290 e. The minimum Gasteiger partial charge on any atom is -0.497 e. The average Bonchev–Trinajstić information content (AvgIpc) is 3.45. The van der Waals surface area contributed by atoms with Crippen molar-refractivity contribution in [3.63, 3.8) is 0 Å². The van der Waals surface area contributed by atoms with Gasteiger partial charge >= 0.3 is 0 Å². The third-order valence-corrected chi connectivity index (χ3v) is 6.75. The molecule has 0 aliphatic carbocycles. The molecule has 0 radical (unpaired) electrons. The number of hydrogen-bond acceptors (Lipinski definition) is 5. The number of benzene rings is 2. The third-order valence-electron chi connectivity index (χ3n) is 6.75. The standard InChI is InChI=1S/C28H33N3O4/c1-4-30(5-2)25(21-12-8-13-23(16-21)34-3)18-29-27(32)24-17-20-10-6-7-11-22(20)19-31(24)28(33)26-14-9-15-35-26/h6-16,24-25H,4-5,17-19H2,1-3H3,(H,29,32). The normalized spacial score (nSPS) is 16.0. The molecule has 3 aromatic rings. The van der Waals surface area contributed by atoms with Gasteiger partial charge in [0.05, 0.1) is 19.4 Å². The van der Waals surface area contributed by atoms with Crippen molar-refractivity contribution in [1.29, 1.82) is 0 Å². The lowest BCUT2D eigenvalue weighted by atomic mass is 9.93. The zero-order valence-corrected chi connectivity index (χ0v) is 20.6. The van der Waals surface area contributed by atoms with Crippen molar-refractivity contribution in [2.24, 2.45) is 0 Å². The molecule has 2 aromatic carbocycles. The molecule has 2 atom stereocenters. The number of furan rings is 1. The number of likely N-dealkylation sites (N-methyl/N-ethyl adjacent to an activating group) is 1. The van der Waals surface area contributed by atoms with Crippen molar-refractivity contribution in [3.05, 3.63) is 89.4 Å². The first-order valence-electron chi connectivity index (χ1n) is 12.1. The van der Waals surface area contributed by atoms with Crippen molar-refractivity contribution in [1.82, 2.24) is 15.1 Å². The molecule has 1 aliphatic heterocycles. The number of ether oxygens (including phenoxy) is 1. The van der Waals surface area contributed by atoms with Crippen LogP contribution in [0.4, 0.5) is 0 Å². The van der Waals surface area contributed by atoms with Gasteiger partial charge in [0.1, 0.15) is 11.8 Å². The Morgan fingerprint density at radius 2 is 1.86 bits per heavy atom. The maximum absolute atomic E-state index is 13.6. The summed E-state index contributed by atoms with van der Waals surface area (Å²) in [6.07, 6.45) is 1.94. The van der Waals surface area contributed by atoms with E-state index in [-0.39, 0.29) is 23.6 Å². The minimum atomic E-state index is -0.620. The van der Waals surface area contributed by atoms with Crippen molar-refractivity contribution < 1.29 is 18.7 Å². The molecule has 2 heterocycles. The SMILES string of the molecule is CCN(CC)C(CNC(=O)C1Cc2ccccc2CN1C(=O)c1ccco1)c1cccc(OC)c1. The van der Waals surface area contributed by atoms with Crippen LogP contribution in [0.5, 0.6) is 5.75 Å². The van der Waals surface area contributed by atoms with E-state index in [4.69, 9.17) is 9.15 Å². The second-order valence-corrected chi connectivity index (χ2v) is 8.66. The lowest BCUT2D eigenvalue weighted by Gasteiger charge is -2.36. The summed E-state index contributed by atoms with van der Waals surface area (Å²) in [4.78, 5) is 30.7. The first-order chi connectivity index (χ1) is 17.0. The fourth-order valence-electron chi connectivity index (χ4n) is 4.80. The van der Waals surface area contributed by atoms with E-state index in [0.29, 0.717) is 19.5 Å². The van der Waals surface area contributed by atoms with Crippen molar-refractivity contribution in [2.75, 3.05) is 26.7 Å². The zero-order chi connectivity index (χ0) is 24.8. The van der Waals surface area contributed by atoms with Gasteiger partial charge in [0, 0.05) is 19.5 Å². The third kappa shape index (κ3) is 5.41. The van der Waals surface area contributed by atoms with E-state index in [9.17, 15) is 9.59 Å². The van der Waals surface area contributed by atoms with E-state index < -0.39 is 6.04 Å². The van der Waals surface area contributed by atoms with Gasteiger partial charge in [-0.2, -0.15) is 0 Å². The number of fused-ring (bicyclic) bond motifs is 1. The number of carbonyl (C=O) groups is 2. The summed E-state index contributed by atoms with van der Waals surface area (Å²) < 4.78 is 10.8. The van der Waals surface area contributed by atoms with Crippen molar-refractivity contribution in [2.45, 2.75) is 38.9 Å². The molecule has 0 saturated carbocycles. The van der Waals surface area contributed by atoms with Gasteiger partial charge in [-0.1, -0.05) is 50.2 Å². The van der Waals surface area contributed by atoms with Crippen LogP contribution in [-0.2, 0) is 17.8 Å². The topological polar surface area (TPSA) is 75.0 Å². The molecule has 184 valence electrons. The molecular formula is C28H33N3O4. The lowest BCUT2D eigenvalue weighted by molar-refractivity contribution is -0.126. The van der Waals surface area contributed by atoms with Crippen molar-refractivity contribution in [3.8, 4) is 5.75 Å². The Kier molecular flexibility index (Phi) is 7.87. The highest BCUT2D eigenvalue weighted by molar-refractivity contribution is 5.96. The van der Waals surface area contributed by atoms with E-state index in [1.54, 1.807) is 24.1 Å². The maximum Gasteiger partial charge on any atom is 0.290 e. The molecule has 0 fully saturated rings. The Balaban J connectivity index is 1.57. The summed E-state index contributed by atoms with van der Waals surface area (Å²) in [5, 5.41) is 3.15. The average molecular weight is 476 g/mol. The van der Waals surface area contributed by atoms with Crippen LogP contribution in [0.1, 0.15) is 47.1 Å². The van der Waals surface area contributed by atoms with E-state index in [2.05, 4.69) is 30.1 Å². The molecule has 0 bridgehead atoms. The van der Waals surface area contributed by atoms with Gasteiger partial charge in [-0.3, -0.25) is 14.5 Å². The van der Waals surface area contributed by atoms with Crippen LogP contribution in [0.3, 0.4) is 0 Å². The molecule has 1 aromatic heterocycles. The van der Waals surface area contributed by atoms with E-state index in [1.807, 2.05) is 42.5 Å². The van der Waals surface area contributed by atoms with Gasteiger partial charge in [0.15, 0.2) is 5.76 Å². The Morgan fingerprint density at radius 1 is 1.09 bits per heavy atom. The van der Waals surface area contributed by atoms with Gasteiger partial charge in [-0.15, -0.1) is 0 Å². The molecular weight excluding hydrogens is 442 g/mol. The molecule has 1 N–H and O–H groups in total. The van der Waals surface area contributed by atoms with Gasteiger partial charge in [-0.05, 0) is 54.0 Å². The minimum absolute atomic E-state index is 0.0193. The summed E-state index contributed by atoms with van der Waals surface area (Å²) >= 11 is 0. The maximum atomic E-state index is 13.6. The number of amides is 2. The Morgan fingerprint density at radius 3 is 2.54 bits per heavy atom. The Bertz CT molecular complexity index is 1140. The van der Waals surface area contributed by atoms with Crippen LogP contribution in [0.2, 0.25) is 0 Å².